The molecule has 172 valence electrons. The summed E-state index contributed by atoms with van der Waals surface area (Å²) in [6, 6.07) is 25.9. The summed E-state index contributed by atoms with van der Waals surface area (Å²) in [7, 11) is 0. The molecule has 0 saturated carbocycles. The van der Waals surface area contributed by atoms with Crippen molar-refractivity contribution in [1.29, 1.82) is 10.7 Å². The molecule has 0 aliphatic rings. The van der Waals surface area contributed by atoms with Gasteiger partial charge in [-0.1, -0.05) is 36.4 Å². The van der Waals surface area contributed by atoms with E-state index in [0.29, 0.717) is 28.0 Å². The molecule has 8 heteroatoms. The number of amides is 1. The van der Waals surface area contributed by atoms with Crippen LogP contribution >= 0.6 is 0 Å². The number of carbonyl (C=O) groups is 1. The molecule has 0 spiro atoms. The number of hydrogen-bond acceptors (Lipinski definition) is 3. The molecular weight excluding hydrogens is 443 g/mol. The highest BCUT2D eigenvalue weighted by molar-refractivity contribution is 5.93. The van der Waals surface area contributed by atoms with Gasteiger partial charge in [-0.05, 0) is 65.2 Å². The lowest BCUT2D eigenvalue weighted by Gasteiger charge is -2.07. The molecule has 4 rings (SSSR count). The van der Waals surface area contributed by atoms with E-state index >= 15 is 0 Å². The van der Waals surface area contributed by atoms with Crippen LogP contribution in [0.3, 0.4) is 0 Å². The molecule has 0 aliphatic carbocycles. The van der Waals surface area contributed by atoms with E-state index in [1.807, 2.05) is 18.2 Å². The van der Waals surface area contributed by atoms with Gasteiger partial charge in [-0.15, -0.1) is 0 Å². The average Bonchev–Trinajstić information content (AvgIpc) is 2.85. The molecule has 3 aromatic carbocycles. The molecule has 1 amide bonds. The molecule has 7 nitrogen and oxygen atoms in total. The lowest BCUT2D eigenvalue weighted by atomic mass is 10.1. The predicted molar refractivity (Wildman–Crippen MR) is 133 cm³/mol. The Balaban J connectivity index is 1.38. The largest absolute Gasteiger partial charge is 0.346 e. The van der Waals surface area contributed by atoms with Crippen molar-refractivity contribution in [2.45, 2.75) is 6.42 Å². The number of H-pyrrole nitrogens is 1. The van der Waals surface area contributed by atoms with Gasteiger partial charge in [0.25, 0.3) is 0 Å². The SMILES string of the molecule is N#Cc1ccccc1NC(=N)/N=c1/ccc(-c2ccc(NC(=O)Cc3cccc(F)c3)cc2)c[nH]1. The summed E-state index contributed by atoms with van der Waals surface area (Å²) in [6.07, 6.45) is 1.86. The molecule has 1 heterocycles. The Morgan fingerprint density at radius 1 is 0.971 bits per heavy atom. The zero-order valence-electron chi connectivity index (χ0n) is 18.5. The number of nitrogens with one attached hydrogen (secondary N) is 4. The van der Waals surface area contributed by atoms with Crippen molar-refractivity contribution in [2.24, 2.45) is 4.99 Å². The summed E-state index contributed by atoms with van der Waals surface area (Å²) >= 11 is 0. The zero-order chi connectivity index (χ0) is 24.6. The second-order valence-electron chi connectivity index (χ2n) is 7.64. The lowest BCUT2D eigenvalue weighted by Crippen LogP contribution is -2.16. The van der Waals surface area contributed by atoms with Gasteiger partial charge in [0.15, 0.2) is 0 Å². The number of para-hydroxylation sites is 1. The average molecular weight is 465 g/mol. The standard InChI is InChI=1S/C27H21FN6O/c28-22-6-3-4-18(14-22)15-26(35)32-23-11-8-19(9-12-23)21-10-13-25(31-17-21)34-27(30)33-24-7-2-1-5-20(24)16-29/h1-14,17H,15H2,(H,32,35)(H3,30,31,33,34). The predicted octanol–water partition coefficient (Wildman–Crippen LogP) is 4.82. The Kier molecular flexibility index (Phi) is 7.09. The van der Waals surface area contributed by atoms with Crippen LogP contribution in [0.5, 0.6) is 0 Å². The van der Waals surface area contributed by atoms with Crippen molar-refractivity contribution in [3.8, 4) is 17.2 Å². The summed E-state index contributed by atoms with van der Waals surface area (Å²) < 4.78 is 13.3. The third-order valence-electron chi connectivity index (χ3n) is 5.08. The zero-order valence-corrected chi connectivity index (χ0v) is 18.5. The van der Waals surface area contributed by atoms with Crippen LogP contribution in [0.2, 0.25) is 0 Å². The molecule has 0 unspecified atom stereocenters. The third-order valence-corrected chi connectivity index (χ3v) is 5.08. The van der Waals surface area contributed by atoms with Gasteiger partial charge >= 0.3 is 0 Å². The van der Waals surface area contributed by atoms with E-state index in [1.165, 1.54) is 12.1 Å². The number of guanidine groups is 1. The molecule has 35 heavy (non-hydrogen) atoms. The number of hydrogen-bond donors (Lipinski definition) is 4. The van der Waals surface area contributed by atoms with Crippen molar-refractivity contribution in [1.82, 2.24) is 4.98 Å². The number of carbonyl (C=O) groups excluding carboxylic acids is 1. The molecule has 0 fully saturated rings. The van der Waals surface area contributed by atoms with Crippen molar-refractivity contribution in [2.75, 3.05) is 10.6 Å². The smallest absolute Gasteiger partial charge is 0.228 e. The highest BCUT2D eigenvalue weighted by atomic mass is 19.1. The number of aromatic nitrogens is 1. The normalized spacial score (nSPS) is 10.9. The fraction of sp³-hybridized carbons (Fsp3) is 0.0370. The topological polar surface area (TPSA) is 117 Å². The lowest BCUT2D eigenvalue weighted by molar-refractivity contribution is -0.115. The molecule has 1 aromatic heterocycles. The van der Waals surface area contributed by atoms with E-state index in [4.69, 9.17) is 10.7 Å². The number of aromatic amines is 1. The number of rotatable bonds is 5. The van der Waals surface area contributed by atoms with Gasteiger partial charge in [-0.25, -0.2) is 4.39 Å². The number of halogens is 1. The maximum atomic E-state index is 13.3. The first-order valence-corrected chi connectivity index (χ1v) is 10.7. The van der Waals surface area contributed by atoms with E-state index in [9.17, 15) is 9.18 Å². The third kappa shape index (κ3) is 6.27. The van der Waals surface area contributed by atoms with Gasteiger partial charge in [0.1, 0.15) is 17.4 Å². The monoisotopic (exact) mass is 464 g/mol. The Hall–Kier alpha value is -5.03. The summed E-state index contributed by atoms with van der Waals surface area (Å²) in [5.74, 6) is -0.696. The van der Waals surface area contributed by atoms with Gasteiger partial charge in [-0.2, -0.15) is 10.3 Å². The number of pyridine rings is 1. The van der Waals surface area contributed by atoms with E-state index in [0.717, 1.165) is 11.1 Å². The second-order valence-corrected chi connectivity index (χ2v) is 7.64. The van der Waals surface area contributed by atoms with Crippen LogP contribution in [0.4, 0.5) is 15.8 Å². The summed E-state index contributed by atoms with van der Waals surface area (Å²) in [5, 5.41) is 22.8. The van der Waals surface area contributed by atoms with Gasteiger partial charge in [0.2, 0.25) is 11.9 Å². The Morgan fingerprint density at radius 2 is 1.74 bits per heavy atom. The minimum Gasteiger partial charge on any atom is -0.346 e. The van der Waals surface area contributed by atoms with Crippen LogP contribution in [0.15, 0.2) is 96.1 Å². The van der Waals surface area contributed by atoms with E-state index in [2.05, 4.69) is 26.7 Å². The highest BCUT2D eigenvalue weighted by Crippen LogP contribution is 2.20. The second kappa shape index (κ2) is 10.7. The number of anilines is 2. The van der Waals surface area contributed by atoms with Crippen molar-refractivity contribution in [3.63, 3.8) is 0 Å². The maximum absolute atomic E-state index is 13.3. The summed E-state index contributed by atoms with van der Waals surface area (Å²) in [4.78, 5) is 19.5. The van der Waals surface area contributed by atoms with Crippen LogP contribution in [0.25, 0.3) is 11.1 Å². The van der Waals surface area contributed by atoms with Crippen LogP contribution < -0.4 is 16.1 Å². The van der Waals surface area contributed by atoms with Crippen LogP contribution in [-0.4, -0.2) is 16.9 Å². The fourth-order valence-electron chi connectivity index (χ4n) is 3.41. The molecule has 0 bridgehead atoms. The van der Waals surface area contributed by atoms with E-state index in [-0.39, 0.29) is 24.1 Å². The van der Waals surface area contributed by atoms with Gasteiger partial charge in [0.05, 0.1) is 17.7 Å². The molecular formula is C27H21FN6O. The van der Waals surface area contributed by atoms with Crippen LogP contribution in [0, 0.1) is 22.6 Å². The molecule has 4 N–H and O–H groups in total. The minimum absolute atomic E-state index is 0.0887. The van der Waals surface area contributed by atoms with Gasteiger partial charge < -0.3 is 15.6 Å². The molecule has 0 atom stereocenters. The number of benzene rings is 3. The Bertz CT molecular complexity index is 1460. The summed E-state index contributed by atoms with van der Waals surface area (Å²) in [6.45, 7) is 0. The Labute approximate surface area is 201 Å². The van der Waals surface area contributed by atoms with Gasteiger partial charge in [0, 0.05) is 11.9 Å². The van der Waals surface area contributed by atoms with Crippen LogP contribution in [-0.2, 0) is 11.2 Å². The van der Waals surface area contributed by atoms with E-state index in [1.54, 1.807) is 60.8 Å². The first kappa shape index (κ1) is 23.1. The quantitative estimate of drug-likeness (QED) is 0.251. The van der Waals surface area contributed by atoms with Crippen molar-refractivity contribution < 1.29 is 9.18 Å². The molecule has 0 aliphatic heterocycles. The van der Waals surface area contributed by atoms with E-state index < -0.39 is 0 Å². The first-order valence-electron chi connectivity index (χ1n) is 10.7. The fourth-order valence-corrected chi connectivity index (χ4v) is 3.41. The first-order chi connectivity index (χ1) is 17.0. The Morgan fingerprint density at radius 3 is 2.46 bits per heavy atom. The maximum Gasteiger partial charge on any atom is 0.228 e. The summed E-state index contributed by atoms with van der Waals surface area (Å²) in [5.41, 5.74) is 4.49. The number of nitrogens with zero attached hydrogens (tertiary/aromatic N) is 2. The molecule has 4 aromatic rings. The van der Waals surface area contributed by atoms with Crippen LogP contribution in [0.1, 0.15) is 11.1 Å². The van der Waals surface area contributed by atoms with Crippen molar-refractivity contribution in [3.05, 3.63) is 114 Å². The number of nitriles is 1. The molecule has 0 saturated heterocycles. The highest BCUT2D eigenvalue weighted by Gasteiger charge is 2.06. The van der Waals surface area contributed by atoms with Crippen molar-refractivity contribution >= 4 is 23.2 Å². The minimum atomic E-state index is -0.368. The molecule has 0 radical (unpaired) electrons. The van der Waals surface area contributed by atoms with Gasteiger partial charge in [-0.3, -0.25) is 10.2 Å².